The van der Waals surface area contributed by atoms with Crippen molar-refractivity contribution in [1.82, 2.24) is 5.32 Å². The van der Waals surface area contributed by atoms with Crippen LogP contribution < -0.4 is 5.32 Å². The largest absolute Gasteiger partial charge is 0.381 e. The van der Waals surface area contributed by atoms with E-state index in [-0.39, 0.29) is 0 Å². The van der Waals surface area contributed by atoms with Crippen molar-refractivity contribution in [1.29, 1.82) is 0 Å². The molecule has 1 fully saturated rings. The summed E-state index contributed by atoms with van der Waals surface area (Å²) in [6.45, 7) is 7.33. The van der Waals surface area contributed by atoms with Crippen LogP contribution in [-0.2, 0) is 4.74 Å². The Morgan fingerprint density at radius 1 is 1.33 bits per heavy atom. The smallest absolute Gasteiger partial charge is 0.0469 e. The van der Waals surface area contributed by atoms with E-state index in [1.807, 2.05) is 0 Å². The first-order chi connectivity index (χ1) is 8.81. The van der Waals surface area contributed by atoms with Crippen LogP contribution >= 0.6 is 0 Å². The van der Waals surface area contributed by atoms with Crippen LogP contribution in [0.1, 0.15) is 43.4 Å². The topological polar surface area (TPSA) is 21.3 Å². The maximum atomic E-state index is 5.49. The number of rotatable bonds is 5. The van der Waals surface area contributed by atoms with Crippen molar-refractivity contribution in [2.75, 3.05) is 19.8 Å². The van der Waals surface area contributed by atoms with Gasteiger partial charge in [-0.15, -0.1) is 0 Å². The minimum atomic E-state index is 0.494. The van der Waals surface area contributed by atoms with Gasteiger partial charge < -0.3 is 10.1 Å². The average Bonchev–Trinajstić information content (AvgIpc) is 2.40. The summed E-state index contributed by atoms with van der Waals surface area (Å²) in [4.78, 5) is 0. The third-order valence-electron chi connectivity index (χ3n) is 3.75. The van der Waals surface area contributed by atoms with Gasteiger partial charge >= 0.3 is 0 Å². The van der Waals surface area contributed by atoms with Crippen molar-refractivity contribution in [2.24, 2.45) is 5.92 Å². The van der Waals surface area contributed by atoms with Gasteiger partial charge in [0.2, 0.25) is 0 Å². The molecule has 0 bridgehead atoms. The van der Waals surface area contributed by atoms with Crippen LogP contribution in [0.25, 0.3) is 0 Å². The summed E-state index contributed by atoms with van der Waals surface area (Å²) >= 11 is 0. The Balaban J connectivity index is 2.12. The Hall–Kier alpha value is -0.860. The lowest BCUT2D eigenvalue weighted by atomic mass is 9.86. The number of benzene rings is 1. The molecule has 1 heterocycles. The first-order valence-corrected chi connectivity index (χ1v) is 7.19. The Kier molecular flexibility index (Phi) is 5.21. The lowest BCUT2D eigenvalue weighted by Gasteiger charge is -2.31. The molecule has 100 valence electrons. The molecule has 1 aromatic carbocycles. The maximum absolute atomic E-state index is 5.49. The molecule has 0 saturated carbocycles. The van der Waals surface area contributed by atoms with Gasteiger partial charge in [0.25, 0.3) is 0 Å². The SMILES string of the molecule is CCCNC(c1cccc(C)c1)C1CCOCC1. The van der Waals surface area contributed by atoms with Crippen LogP contribution in [0.15, 0.2) is 24.3 Å². The van der Waals surface area contributed by atoms with Gasteiger partial charge in [-0.25, -0.2) is 0 Å². The van der Waals surface area contributed by atoms with Crippen molar-refractivity contribution in [3.05, 3.63) is 35.4 Å². The van der Waals surface area contributed by atoms with Gasteiger partial charge in [0.05, 0.1) is 0 Å². The number of hydrogen-bond donors (Lipinski definition) is 1. The molecule has 1 aliphatic rings. The number of aryl methyl sites for hydroxylation is 1. The zero-order chi connectivity index (χ0) is 12.8. The molecule has 1 atom stereocenters. The molecule has 1 N–H and O–H groups in total. The van der Waals surface area contributed by atoms with E-state index in [1.165, 1.54) is 30.4 Å². The van der Waals surface area contributed by atoms with Crippen LogP contribution in [0, 0.1) is 12.8 Å². The van der Waals surface area contributed by atoms with E-state index in [0.717, 1.165) is 19.8 Å². The van der Waals surface area contributed by atoms with Crippen LogP contribution in [0.4, 0.5) is 0 Å². The van der Waals surface area contributed by atoms with E-state index >= 15 is 0 Å². The zero-order valence-corrected chi connectivity index (χ0v) is 11.6. The monoisotopic (exact) mass is 247 g/mol. The van der Waals surface area contributed by atoms with E-state index in [4.69, 9.17) is 4.74 Å². The summed E-state index contributed by atoms with van der Waals surface area (Å²) in [5.41, 5.74) is 2.79. The third-order valence-corrected chi connectivity index (χ3v) is 3.75. The fraction of sp³-hybridized carbons (Fsp3) is 0.625. The molecule has 1 saturated heterocycles. The second-order valence-corrected chi connectivity index (χ2v) is 5.30. The standard InChI is InChI=1S/C16H25NO/c1-3-9-17-16(14-7-10-18-11-8-14)15-6-4-5-13(2)12-15/h4-6,12,14,16-17H,3,7-11H2,1-2H3. The summed E-state index contributed by atoms with van der Waals surface area (Å²) in [7, 11) is 0. The summed E-state index contributed by atoms with van der Waals surface area (Å²) in [5.74, 6) is 0.715. The molecule has 0 aromatic heterocycles. The van der Waals surface area contributed by atoms with Crippen LogP contribution in [0.2, 0.25) is 0 Å². The Morgan fingerprint density at radius 2 is 2.11 bits per heavy atom. The molecule has 2 nitrogen and oxygen atoms in total. The van der Waals surface area contributed by atoms with Gasteiger partial charge in [0.15, 0.2) is 0 Å². The molecule has 0 radical (unpaired) electrons. The molecule has 2 heteroatoms. The van der Waals surface area contributed by atoms with Gasteiger partial charge in [-0.3, -0.25) is 0 Å². The highest BCUT2D eigenvalue weighted by Crippen LogP contribution is 2.30. The predicted octanol–water partition coefficient (Wildman–Crippen LogP) is 3.46. The summed E-state index contributed by atoms with van der Waals surface area (Å²) in [6.07, 6.45) is 3.54. The van der Waals surface area contributed by atoms with Crippen molar-refractivity contribution < 1.29 is 4.74 Å². The average molecular weight is 247 g/mol. The summed E-state index contributed by atoms with van der Waals surface area (Å²) in [5, 5.41) is 3.73. The van der Waals surface area contributed by atoms with Gasteiger partial charge in [-0.2, -0.15) is 0 Å². The minimum Gasteiger partial charge on any atom is -0.381 e. The second kappa shape index (κ2) is 6.91. The molecule has 0 spiro atoms. The highest BCUT2D eigenvalue weighted by Gasteiger charge is 2.24. The third kappa shape index (κ3) is 3.56. The van der Waals surface area contributed by atoms with E-state index in [0.29, 0.717) is 12.0 Å². The van der Waals surface area contributed by atoms with Gasteiger partial charge in [0.1, 0.15) is 0 Å². The fourth-order valence-electron chi connectivity index (χ4n) is 2.77. The Bertz CT molecular complexity index is 358. The van der Waals surface area contributed by atoms with Crippen LogP contribution in [0.5, 0.6) is 0 Å². The van der Waals surface area contributed by atoms with E-state index in [1.54, 1.807) is 0 Å². The minimum absolute atomic E-state index is 0.494. The van der Waals surface area contributed by atoms with Gasteiger partial charge in [-0.1, -0.05) is 36.8 Å². The summed E-state index contributed by atoms with van der Waals surface area (Å²) < 4.78 is 5.49. The normalized spacial score (nSPS) is 18.8. The molecule has 1 unspecified atom stereocenters. The van der Waals surface area contributed by atoms with Crippen LogP contribution in [0.3, 0.4) is 0 Å². The van der Waals surface area contributed by atoms with Gasteiger partial charge in [-0.05, 0) is 44.2 Å². The Labute approximate surface area is 111 Å². The molecule has 2 rings (SSSR count). The molecule has 1 aliphatic heterocycles. The summed E-state index contributed by atoms with van der Waals surface area (Å²) in [6, 6.07) is 9.42. The molecule has 0 aliphatic carbocycles. The number of nitrogens with one attached hydrogen (secondary N) is 1. The van der Waals surface area contributed by atoms with Crippen molar-refractivity contribution in [2.45, 2.75) is 39.2 Å². The predicted molar refractivity (Wildman–Crippen MR) is 75.8 cm³/mol. The first-order valence-electron chi connectivity index (χ1n) is 7.19. The molecular formula is C16H25NO. The van der Waals surface area contributed by atoms with Crippen molar-refractivity contribution in [3.63, 3.8) is 0 Å². The van der Waals surface area contributed by atoms with Crippen LogP contribution in [-0.4, -0.2) is 19.8 Å². The fourth-order valence-corrected chi connectivity index (χ4v) is 2.77. The highest BCUT2D eigenvalue weighted by atomic mass is 16.5. The van der Waals surface area contributed by atoms with Crippen molar-refractivity contribution in [3.8, 4) is 0 Å². The zero-order valence-electron chi connectivity index (χ0n) is 11.6. The Morgan fingerprint density at radius 3 is 2.78 bits per heavy atom. The van der Waals surface area contributed by atoms with Gasteiger partial charge in [0, 0.05) is 19.3 Å². The van der Waals surface area contributed by atoms with Crippen molar-refractivity contribution >= 4 is 0 Å². The quantitative estimate of drug-likeness (QED) is 0.860. The number of ether oxygens (including phenoxy) is 1. The second-order valence-electron chi connectivity index (χ2n) is 5.30. The van der Waals surface area contributed by atoms with E-state index in [2.05, 4.69) is 43.4 Å². The van der Waals surface area contributed by atoms with E-state index < -0.39 is 0 Å². The first kappa shape index (κ1) is 13.6. The molecule has 0 amide bonds. The molecular weight excluding hydrogens is 222 g/mol. The maximum Gasteiger partial charge on any atom is 0.0469 e. The lowest BCUT2D eigenvalue weighted by Crippen LogP contribution is -2.32. The molecule has 1 aromatic rings. The highest BCUT2D eigenvalue weighted by molar-refractivity contribution is 5.25. The molecule has 18 heavy (non-hydrogen) atoms. The van der Waals surface area contributed by atoms with E-state index in [9.17, 15) is 0 Å². The lowest BCUT2D eigenvalue weighted by molar-refractivity contribution is 0.0536. The number of hydrogen-bond acceptors (Lipinski definition) is 2.